The van der Waals surface area contributed by atoms with Gasteiger partial charge in [0.05, 0.1) is 16.6 Å². The van der Waals surface area contributed by atoms with Gasteiger partial charge in [0.15, 0.2) is 0 Å². The number of benzene rings is 2. The second-order valence-electron chi connectivity index (χ2n) is 11.6. The van der Waals surface area contributed by atoms with Crippen LogP contribution in [0.2, 0.25) is 0 Å². The van der Waals surface area contributed by atoms with E-state index in [1.165, 1.54) is 6.92 Å². The van der Waals surface area contributed by atoms with Crippen LogP contribution >= 0.6 is 15.9 Å². The minimum absolute atomic E-state index is 0.00575. The molecular weight excluding hydrogens is 592 g/mol. The number of halogens is 1. The maximum atomic E-state index is 14.1. The van der Waals surface area contributed by atoms with Crippen molar-refractivity contribution >= 4 is 48.5 Å². The number of rotatable bonds is 8. The molecule has 2 aromatic carbocycles. The normalized spacial score (nSPS) is 16.0. The summed E-state index contributed by atoms with van der Waals surface area (Å²) in [7, 11) is -4.24. The van der Waals surface area contributed by atoms with Gasteiger partial charge in [-0.3, -0.25) is 4.79 Å². The lowest BCUT2D eigenvalue weighted by Gasteiger charge is -2.23. The van der Waals surface area contributed by atoms with Crippen molar-refractivity contribution in [1.82, 2.24) is 15.3 Å². The Labute approximate surface area is 246 Å². The van der Waals surface area contributed by atoms with E-state index in [1.54, 1.807) is 6.92 Å². The Morgan fingerprint density at radius 3 is 2.20 bits per heavy atom. The molecule has 3 aromatic rings. The number of carbonyl (C=O) groups excluding carboxylic acids is 1. The van der Waals surface area contributed by atoms with Gasteiger partial charge in [-0.2, -0.15) is 13.4 Å². The van der Waals surface area contributed by atoms with Crippen LogP contribution in [-0.4, -0.2) is 43.4 Å². The third-order valence-electron chi connectivity index (χ3n) is 7.30. The molecule has 1 fully saturated rings. The number of nitrogens with zero attached hydrogens (tertiary/aromatic N) is 3. The average Bonchev–Trinajstić information content (AvgIpc) is 3.29. The largest absolute Gasteiger partial charge is 0.368 e. The second-order valence-corrected chi connectivity index (χ2v) is 13.9. The summed E-state index contributed by atoms with van der Waals surface area (Å²) in [5.74, 6) is 0.565. The van der Waals surface area contributed by atoms with Crippen LogP contribution in [-0.2, 0) is 14.9 Å². The Balaban J connectivity index is 1.83. The Kier molecular flexibility index (Phi) is 8.80. The van der Waals surface area contributed by atoms with Gasteiger partial charge in [-0.25, -0.2) is 4.98 Å². The van der Waals surface area contributed by atoms with E-state index >= 15 is 0 Å². The van der Waals surface area contributed by atoms with Crippen LogP contribution in [0.1, 0.15) is 95.2 Å². The smallest absolute Gasteiger partial charge is 0.341 e. The molecule has 0 radical (unpaired) electrons. The van der Waals surface area contributed by atoms with Crippen molar-refractivity contribution in [2.75, 3.05) is 18.0 Å². The first-order chi connectivity index (χ1) is 18.7. The number of fused-ring (bicyclic) bond motifs is 1. The number of hydrogen-bond donors (Lipinski definition) is 1. The van der Waals surface area contributed by atoms with Crippen LogP contribution < -0.4 is 14.4 Å². The third kappa shape index (κ3) is 6.28. The molecule has 1 amide bonds. The summed E-state index contributed by atoms with van der Waals surface area (Å²) in [6.07, 6.45) is 0.814. The number of aromatic nitrogens is 2. The Bertz CT molecular complexity index is 1520. The number of anilines is 1. The summed E-state index contributed by atoms with van der Waals surface area (Å²) in [5, 5.41) is 3.49. The fourth-order valence-corrected chi connectivity index (χ4v) is 7.40. The van der Waals surface area contributed by atoms with Gasteiger partial charge in [0.2, 0.25) is 11.8 Å². The van der Waals surface area contributed by atoms with Crippen molar-refractivity contribution in [2.45, 2.75) is 90.5 Å². The molecule has 0 saturated carbocycles. The molecule has 1 aromatic heterocycles. The van der Waals surface area contributed by atoms with Gasteiger partial charge in [0.25, 0.3) is 0 Å². The van der Waals surface area contributed by atoms with Crippen LogP contribution in [0.25, 0.3) is 10.9 Å². The Morgan fingerprint density at radius 1 is 1.02 bits per heavy atom. The lowest BCUT2D eigenvalue weighted by molar-refractivity contribution is -0.119. The fourth-order valence-electron chi connectivity index (χ4n) is 5.24. The first-order valence-corrected chi connectivity index (χ1v) is 16.0. The summed E-state index contributed by atoms with van der Waals surface area (Å²) in [4.78, 5) is 23.0. The van der Waals surface area contributed by atoms with E-state index < -0.39 is 10.1 Å². The third-order valence-corrected chi connectivity index (χ3v) is 9.28. The van der Waals surface area contributed by atoms with Gasteiger partial charge >= 0.3 is 10.1 Å². The number of hydrogen-bond acceptors (Lipinski definition) is 7. The van der Waals surface area contributed by atoms with Gasteiger partial charge in [0.1, 0.15) is 10.7 Å². The molecule has 0 bridgehead atoms. The van der Waals surface area contributed by atoms with Gasteiger partial charge in [-0.05, 0) is 75.9 Å². The second kappa shape index (κ2) is 11.6. The maximum Gasteiger partial charge on any atom is 0.341 e. The highest BCUT2D eigenvalue weighted by molar-refractivity contribution is 9.10. The van der Waals surface area contributed by atoms with Gasteiger partial charge in [0, 0.05) is 30.5 Å². The van der Waals surface area contributed by atoms with Crippen molar-refractivity contribution in [3.63, 3.8) is 0 Å². The Morgan fingerprint density at radius 2 is 1.65 bits per heavy atom. The maximum absolute atomic E-state index is 14.1. The topological polar surface area (TPSA) is 101 Å². The van der Waals surface area contributed by atoms with Crippen LogP contribution in [0, 0.1) is 6.92 Å². The molecule has 0 unspecified atom stereocenters. The van der Waals surface area contributed by atoms with Crippen LogP contribution in [0.5, 0.6) is 5.88 Å². The van der Waals surface area contributed by atoms with Gasteiger partial charge in [-0.1, -0.05) is 53.7 Å². The summed E-state index contributed by atoms with van der Waals surface area (Å²) < 4.78 is 34.9. The van der Waals surface area contributed by atoms with Crippen molar-refractivity contribution in [2.24, 2.45) is 0 Å². The number of amides is 1. The minimum atomic E-state index is -4.24. The highest BCUT2D eigenvalue weighted by atomic mass is 79.9. The van der Waals surface area contributed by atoms with E-state index in [-0.39, 0.29) is 40.5 Å². The molecule has 40 heavy (non-hydrogen) atoms. The van der Waals surface area contributed by atoms with Crippen molar-refractivity contribution in [3.05, 3.63) is 51.3 Å². The number of carbonyl (C=O) groups is 1. The molecule has 1 aliphatic rings. The first kappa shape index (κ1) is 30.2. The standard InChI is InChI=1S/C30H39BrN4O4S/c1-16(2)21-11-23(17(3)4)29(24(12-21)18(5)6)40(37,38)39-30-25-13-28(26(31)14-27(25)32-19(7)33-30)35-10-9-22(15-35)34-20(8)36/h11-14,16-18,22H,9-10,15H2,1-8H3,(H,34,36)/t22-/m1/s1. The molecule has 216 valence electrons. The predicted molar refractivity (Wildman–Crippen MR) is 163 cm³/mol. The zero-order chi connectivity index (χ0) is 29.5. The summed E-state index contributed by atoms with van der Waals surface area (Å²) in [6.45, 7) is 16.8. The Hall–Kier alpha value is -2.72. The lowest BCUT2D eigenvalue weighted by atomic mass is 9.89. The average molecular weight is 632 g/mol. The molecule has 10 heteroatoms. The quantitative estimate of drug-likeness (QED) is 0.281. The van der Waals surface area contributed by atoms with E-state index in [0.717, 1.165) is 39.8 Å². The van der Waals surface area contributed by atoms with Crippen LogP contribution in [0.3, 0.4) is 0 Å². The molecule has 2 heterocycles. The summed E-state index contributed by atoms with van der Waals surface area (Å²) in [6, 6.07) is 7.77. The lowest BCUT2D eigenvalue weighted by Crippen LogP contribution is -2.35. The van der Waals surface area contributed by atoms with E-state index in [0.29, 0.717) is 23.3 Å². The fraction of sp³-hybridized carbons (Fsp3) is 0.500. The number of nitrogens with one attached hydrogen (secondary N) is 1. The van der Waals surface area contributed by atoms with Crippen LogP contribution in [0.4, 0.5) is 5.69 Å². The van der Waals surface area contributed by atoms with Crippen molar-refractivity contribution in [3.8, 4) is 5.88 Å². The molecule has 1 N–H and O–H groups in total. The monoisotopic (exact) mass is 630 g/mol. The zero-order valence-electron chi connectivity index (χ0n) is 24.5. The first-order valence-electron chi connectivity index (χ1n) is 13.8. The van der Waals surface area contributed by atoms with E-state index in [2.05, 4.69) is 50.0 Å². The molecule has 0 aliphatic carbocycles. The minimum Gasteiger partial charge on any atom is -0.368 e. The molecule has 1 aliphatic heterocycles. The molecule has 4 rings (SSSR count). The zero-order valence-corrected chi connectivity index (χ0v) is 26.9. The van der Waals surface area contributed by atoms with Crippen molar-refractivity contribution in [1.29, 1.82) is 0 Å². The van der Waals surface area contributed by atoms with E-state index in [1.807, 2.05) is 52.0 Å². The van der Waals surface area contributed by atoms with Crippen LogP contribution in [0.15, 0.2) is 33.6 Å². The SMILES string of the molecule is CC(=O)N[C@@H]1CCN(c2cc3c(OS(=O)(=O)c4c(C(C)C)cc(C(C)C)cc4C(C)C)nc(C)nc3cc2Br)C1. The highest BCUT2D eigenvalue weighted by Crippen LogP contribution is 2.39. The molecule has 8 nitrogen and oxygen atoms in total. The van der Waals surface area contributed by atoms with Crippen molar-refractivity contribution < 1.29 is 17.4 Å². The summed E-state index contributed by atoms with van der Waals surface area (Å²) in [5.41, 5.74) is 4.03. The van der Waals surface area contributed by atoms with Gasteiger partial charge in [-0.15, -0.1) is 0 Å². The highest BCUT2D eigenvalue weighted by Gasteiger charge is 2.31. The number of aryl methyl sites for hydroxylation is 1. The molecular formula is C30H39BrN4O4S. The molecule has 0 spiro atoms. The van der Waals surface area contributed by atoms with E-state index in [4.69, 9.17) is 4.18 Å². The van der Waals surface area contributed by atoms with E-state index in [9.17, 15) is 13.2 Å². The molecule has 1 saturated heterocycles. The molecule has 1 atom stereocenters. The predicted octanol–water partition coefficient (Wildman–Crippen LogP) is 6.55. The summed E-state index contributed by atoms with van der Waals surface area (Å²) >= 11 is 3.67. The van der Waals surface area contributed by atoms with Gasteiger partial charge < -0.3 is 14.4 Å².